The molecule has 112 valence electrons. The van der Waals surface area contributed by atoms with Crippen molar-refractivity contribution in [1.82, 2.24) is 0 Å². The van der Waals surface area contributed by atoms with Crippen LogP contribution in [0.1, 0.15) is 18.4 Å². The van der Waals surface area contributed by atoms with Crippen LogP contribution in [0, 0.1) is 6.92 Å². The van der Waals surface area contributed by atoms with E-state index in [0.29, 0.717) is 24.3 Å². The fourth-order valence-corrected chi connectivity index (χ4v) is 3.88. The molecule has 0 saturated carbocycles. The number of ether oxygens (including phenoxy) is 2. The van der Waals surface area contributed by atoms with Crippen LogP contribution >= 0.6 is 0 Å². The van der Waals surface area contributed by atoms with Crippen LogP contribution in [0.4, 0.5) is 5.69 Å². The zero-order valence-electron chi connectivity index (χ0n) is 12.1. The van der Waals surface area contributed by atoms with Crippen LogP contribution in [-0.4, -0.2) is 40.2 Å². The molecule has 6 heteroatoms. The van der Waals surface area contributed by atoms with Crippen LogP contribution in [0.2, 0.25) is 0 Å². The molecule has 2 rings (SSSR count). The molecular formula is C14H21NO4S. The Morgan fingerprint density at radius 2 is 1.65 bits per heavy atom. The Labute approximate surface area is 120 Å². The maximum Gasteiger partial charge on any atom is 0.162 e. The summed E-state index contributed by atoms with van der Waals surface area (Å²) in [5, 5.41) is 3.41. The Hall–Kier alpha value is -1.43. The number of methoxy groups -OCH3 is 2. The molecule has 0 bridgehead atoms. The van der Waals surface area contributed by atoms with Gasteiger partial charge in [0.1, 0.15) is 9.84 Å². The highest BCUT2D eigenvalue weighted by atomic mass is 32.2. The molecular weight excluding hydrogens is 278 g/mol. The van der Waals surface area contributed by atoms with E-state index in [1.807, 2.05) is 19.1 Å². The summed E-state index contributed by atoms with van der Waals surface area (Å²) < 4.78 is 33.4. The molecule has 1 heterocycles. The van der Waals surface area contributed by atoms with Gasteiger partial charge in [-0.15, -0.1) is 0 Å². The minimum Gasteiger partial charge on any atom is -0.493 e. The quantitative estimate of drug-likeness (QED) is 0.921. The van der Waals surface area contributed by atoms with Crippen LogP contribution in [0.15, 0.2) is 12.1 Å². The SMILES string of the molecule is COc1cc(C)c(NC2CCS(=O)(=O)CC2)cc1OC. The molecule has 1 fully saturated rings. The first kappa shape index (κ1) is 15.0. The first-order valence-corrected chi connectivity index (χ1v) is 8.47. The monoisotopic (exact) mass is 299 g/mol. The highest BCUT2D eigenvalue weighted by molar-refractivity contribution is 7.91. The lowest BCUT2D eigenvalue weighted by Crippen LogP contribution is -2.32. The van der Waals surface area contributed by atoms with Crippen molar-refractivity contribution in [3.63, 3.8) is 0 Å². The summed E-state index contributed by atoms with van der Waals surface area (Å²) in [6.45, 7) is 1.99. The molecule has 1 saturated heterocycles. The van der Waals surface area contributed by atoms with Gasteiger partial charge < -0.3 is 14.8 Å². The van der Waals surface area contributed by atoms with E-state index in [9.17, 15) is 8.42 Å². The minimum atomic E-state index is -2.83. The summed E-state index contributed by atoms with van der Waals surface area (Å²) in [5.74, 6) is 1.89. The second-order valence-corrected chi connectivity index (χ2v) is 7.40. The summed E-state index contributed by atoms with van der Waals surface area (Å²) in [5.41, 5.74) is 2.02. The van der Waals surface area contributed by atoms with Crippen molar-refractivity contribution >= 4 is 15.5 Å². The molecule has 0 radical (unpaired) electrons. The van der Waals surface area contributed by atoms with E-state index in [1.54, 1.807) is 14.2 Å². The van der Waals surface area contributed by atoms with E-state index >= 15 is 0 Å². The molecule has 1 N–H and O–H groups in total. The molecule has 0 amide bonds. The first-order valence-electron chi connectivity index (χ1n) is 6.65. The van der Waals surface area contributed by atoms with Gasteiger partial charge >= 0.3 is 0 Å². The van der Waals surface area contributed by atoms with Crippen molar-refractivity contribution in [2.75, 3.05) is 31.0 Å². The molecule has 1 aliphatic heterocycles. The number of anilines is 1. The van der Waals surface area contributed by atoms with Crippen molar-refractivity contribution in [2.45, 2.75) is 25.8 Å². The predicted molar refractivity (Wildman–Crippen MR) is 79.6 cm³/mol. The summed E-state index contributed by atoms with van der Waals surface area (Å²) in [6, 6.07) is 4.01. The second kappa shape index (κ2) is 5.91. The Balaban J connectivity index is 2.14. The van der Waals surface area contributed by atoms with E-state index in [1.165, 1.54) is 0 Å². The van der Waals surface area contributed by atoms with Crippen LogP contribution in [0.5, 0.6) is 11.5 Å². The van der Waals surface area contributed by atoms with Crippen molar-refractivity contribution in [1.29, 1.82) is 0 Å². The third kappa shape index (κ3) is 3.36. The Morgan fingerprint density at radius 1 is 1.10 bits per heavy atom. The average Bonchev–Trinajstić information content (AvgIpc) is 2.42. The van der Waals surface area contributed by atoms with Crippen LogP contribution in [0.25, 0.3) is 0 Å². The van der Waals surface area contributed by atoms with Gasteiger partial charge in [-0.2, -0.15) is 0 Å². The zero-order valence-corrected chi connectivity index (χ0v) is 12.9. The van der Waals surface area contributed by atoms with Gasteiger partial charge in [0.05, 0.1) is 25.7 Å². The highest BCUT2D eigenvalue weighted by Crippen LogP contribution is 2.33. The third-order valence-electron chi connectivity index (χ3n) is 3.64. The number of benzene rings is 1. The molecule has 0 atom stereocenters. The van der Waals surface area contributed by atoms with E-state index in [0.717, 1.165) is 11.3 Å². The smallest absolute Gasteiger partial charge is 0.162 e. The van der Waals surface area contributed by atoms with E-state index in [-0.39, 0.29) is 17.5 Å². The lowest BCUT2D eigenvalue weighted by molar-refractivity contribution is 0.355. The molecule has 5 nitrogen and oxygen atoms in total. The maximum atomic E-state index is 11.4. The van der Waals surface area contributed by atoms with Crippen molar-refractivity contribution in [3.8, 4) is 11.5 Å². The molecule has 0 spiro atoms. The first-order chi connectivity index (χ1) is 9.45. The van der Waals surface area contributed by atoms with Gasteiger partial charge in [0.15, 0.2) is 11.5 Å². The lowest BCUT2D eigenvalue weighted by Gasteiger charge is -2.25. The van der Waals surface area contributed by atoms with Gasteiger partial charge in [0, 0.05) is 17.8 Å². The van der Waals surface area contributed by atoms with Gasteiger partial charge in [-0.1, -0.05) is 0 Å². The summed E-state index contributed by atoms with van der Waals surface area (Å²) in [4.78, 5) is 0. The minimum absolute atomic E-state index is 0.190. The van der Waals surface area contributed by atoms with Crippen LogP contribution in [0.3, 0.4) is 0 Å². The summed E-state index contributed by atoms with van der Waals surface area (Å²) >= 11 is 0. The Morgan fingerprint density at radius 3 is 2.20 bits per heavy atom. The van der Waals surface area contributed by atoms with E-state index in [4.69, 9.17) is 9.47 Å². The molecule has 1 aromatic carbocycles. The highest BCUT2D eigenvalue weighted by Gasteiger charge is 2.24. The molecule has 0 unspecified atom stereocenters. The standard InChI is InChI=1S/C14H21NO4S/c1-10-8-13(18-2)14(19-3)9-12(10)15-11-4-6-20(16,17)7-5-11/h8-9,11,15H,4-7H2,1-3H3. The van der Waals surface area contributed by atoms with Crippen molar-refractivity contribution in [3.05, 3.63) is 17.7 Å². The third-order valence-corrected chi connectivity index (χ3v) is 5.36. The normalized spacial score (nSPS) is 18.6. The molecule has 1 aromatic rings. The van der Waals surface area contributed by atoms with Gasteiger partial charge in [0.25, 0.3) is 0 Å². The lowest BCUT2D eigenvalue weighted by atomic mass is 10.1. The largest absolute Gasteiger partial charge is 0.493 e. The van der Waals surface area contributed by atoms with Crippen molar-refractivity contribution < 1.29 is 17.9 Å². The van der Waals surface area contributed by atoms with Crippen LogP contribution < -0.4 is 14.8 Å². The number of sulfone groups is 1. The average molecular weight is 299 g/mol. The van der Waals surface area contributed by atoms with Crippen molar-refractivity contribution in [2.24, 2.45) is 0 Å². The number of rotatable bonds is 4. The topological polar surface area (TPSA) is 64.6 Å². The Kier molecular flexibility index (Phi) is 4.42. The Bertz CT molecular complexity index is 569. The maximum absolute atomic E-state index is 11.4. The fraction of sp³-hybridized carbons (Fsp3) is 0.571. The molecule has 20 heavy (non-hydrogen) atoms. The van der Waals surface area contributed by atoms with Gasteiger partial charge in [-0.25, -0.2) is 8.42 Å². The van der Waals surface area contributed by atoms with Gasteiger partial charge in [-0.05, 0) is 31.4 Å². The molecule has 1 aliphatic rings. The van der Waals surface area contributed by atoms with E-state index in [2.05, 4.69) is 5.32 Å². The molecule has 0 aromatic heterocycles. The van der Waals surface area contributed by atoms with Gasteiger partial charge in [-0.3, -0.25) is 0 Å². The van der Waals surface area contributed by atoms with E-state index < -0.39 is 9.84 Å². The summed E-state index contributed by atoms with van der Waals surface area (Å²) in [7, 11) is 0.383. The van der Waals surface area contributed by atoms with Crippen LogP contribution in [-0.2, 0) is 9.84 Å². The number of hydrogen-bond donors (Lipinski definition) is 1. The molecule has 0 aliphatic carbocycles. The number of hydrogen-bond acceptors (Lipinski definition) is 5. The number of aryl methyl sites for hydroxylation is 1. The predicted octanol–water partition coefficient (Wildman–Crippen LogP) is 2.00. The number of nitrogens with one attached hydrogen (secondary N) is 1. The fourth-order valence-electron chi connectivity index (χ4n) is 2.39. The second-order valence-electron chi connectivity index (χ2n) is 5.09. The van der Waals surface area contributed by atoms with Gasteiger partial charge in [0.2, 0.25) is 0 Å². The summed E-state index contributed by atoms with van der Waals surface area (Å²) in [6.07, 6.45) is 1.30. The zero-order chi connectivity index (χ0) is 14.8.